The number of hydrogen-bond donors (Lipinski definition) is 2. The number of hydrogen-bond acceptors (Lipinski definition) is 3. The molecule has 0 bridgehead atoms. The van der Waals surface area contributed by atoms with E-state index in [9.17, 15) is 5.11 Å². The van der Waals surface area contributed by atoms with E-state index in [1.807, 2.05) is 0 Å². The fraction of sp³-hybridized carbons (Fsp3) is 1.00. The molecule has 3 heteroatoms. The van der Waals surface area contributed by atoms with Crippen LogP contribution in [0.15, 0.2) is 0 Å². The summed E-state index contributed by atoms with van der Waals surface area (Å²) < 4.78 is 0. The van der Waals surface area contributed by atoms with Crippen molar-refractivity contribution in [2.45, 2.75) is 44.8 Å². The minimum absolute atomic E-state index is 0.341. The lowest BCUT2D eigenvalue weighted by Gasteiger charge is -2.36. The van der Waals surface area contributed by atoms with Crippen molar-refractivity contribution in [2.24, 2.45) is 5.73 Å². The Kier molecular flexibility index (Phi) is 4.70. The van der Waals surface area contributed by atoms with Gasteiger partial charge in [-0.25, -0.2) is 0 Å². The average molecular weight is 186 g/mol. The smallest absolute Gasteiger partial charge is 0.0789 e. The van der Waals surface area contributed by atoms with E-state index in [1.54, 1.807) is 0 Å². The van der Waals surface area contributed by atoms with E-state index in [0.29, 0.717) is 12.6 Å². The van der Waals surface area contributed by atoms with Gasteiger partial charge in [0.15, 0.2) is 0 Å². The lowest BCUT2D eigenvalue weighted by molar-refractivity contribution is 0.0701. The Bertz CT molecular complexity index is 141. The zero-order chi connectivity index (χ0) is 9.68. The van der Waals surface area contributed by atoms with Crippen molar-refractivity contribution in [3.8, 4) is 0 Å². The lowest BCUT2D eigenvalue weighted by Crippen LogP contribution is -2.45. The molecule has 78 valence electrons. The van der Waals surface area contributed by atoms with Gasteiger partial charge in [0.1, 0.15) is 0 Å². The predicted octanol–water partition coefficient (Wildman–Crippen LogP) is 0.571. The van der Waals surface area contributed by atoms with Crippen molar-refractivity contribution in [1.82, 2.24) is 4.90 Å². The molecular formula is C10H22N2O. The van der Waals surface area contributed by atoms with E-state index in [2.05, 4.69) is 11.8 Å². The molecule has 1 aliphatic rings. The zero-order valence-corrected chi connectivity index (χ0v) is 8.58. The molecule has 0 aromatic heterocycles. The minimum Gasteiger partial charge on any atom is -0.390 e. The van der Waals surface area contributed by atoms with Gasteiger partial charge in [0, 0.05) is 19.1 Å². The van der Waals surface area contributed by atoms with Crippen LogP contribution in [-0.2, 0) is 0 Å². The number of β-amino-alcohol motifs (C(OH)–C–C–N with tert-alkyl or cyclic N) is 1. The largest absolute Gasteiger partial charge is 0.390 e. The van der Waals surface area contributed by atoms with Gasteiger partial charge in [-0.15, -0.1) is 0 Å². The summed E-state index contributed by atoms with van der Waals surface area (Å²) in [7, 11) is 0. The maximum atomic E-state index is 9.46. The number of aliphatic hydroxyl groups excluding tert-OH is 1. The number of rotatable bonds is 4. The van der Waals surface area contributed by atoms with Gasteiger partial charge in [0.2, 0.25) is 0 Å². The Balaban J connectivity index is 2.35. The molecule has 0 radical (unpaired) electrons. The zero-order valence-electron chi connectivity index (χ0n) is 8.58. The van der Waals surface area contributed by atoms with Gasteiger partial charge in [-0.3, -0.25) is 4.90 Å². The van der Waals surface area contributed by atoms with E-state index in [4.69, 9.17) is 5.73 Å². The minimum atomic E-state index is -0.341. The second kappa shape index (κ2) is 5.58. The molecule has 0 aromatic rings. The fourth-order valence-electron chi connectivity index (χ4n) is 2.11. The number of nitrogens with zero attached hydrogens (tertiary/aromatic N) is 1. The molecular weight excluding hydrogens is 164 g/mol. The Morgan fingerprint density at radius 2 is 2.31 bits per heavy atom. The van der Waals surface area contributed by atoms with Crippen LogP contribution in [0.3, 0.4) is 0 Å². The molecule has 0 spiro atoms. The van der Waals surface area contributed by atoms with E-state index >= 15 is 0 Å². The summed E-state index contributed by atoms with van der Waals surface area (Å²) in [6.45, 7) is 4.50. The van der Waals surface area contributed by atoms with Gasteiger partial charge in [-0.05, 0) is 25.8 Å². The predicted molar refractivity (Wildman–Crippen MR) is 54.6 cm³/mol. The third-order valence-electron chi connectivity index (χ3n) is 2.94. The molecule has 3 N–H and O–H groups in total. The van der Waals surface area contributed by atoms with Crippen molar-refractivity contribution in [1.29, 1.82) is 0 Å². The summed E-state index contributed by atoms with van der Waals surface area (Å²) in [6.07, 6.45) is 4.75. The third kappa shape index (κ3) is 3.25. The molecule has 3 nitrogen and oxygen atoms in total. The molecule has 1 heterocycles. The van der Waals surface area contributed by atoms with Gasteiger partial charge in [-0.1, -0.05) is 13.3 Å². The highest BCUT2D eigenvalue weighted by atomic mass is 16.3. The van der Waals surface area contributed by atoms with Gasteiger partial charge < -0.3 is 10.8 Å². The van der Waals surface area contributed by atoms with Crippen molar-refractivity contribution in [3.63, 3.8) is 0 Å². The number of nitrogens with two attached hydrogens (primary N) is 1. The molecule has 2 atom stereocenters. The molecule has 1 rings (SSSR count). The average Bonchev–Trinajstić information content (AvgIpc) is 2.18. The van der Waals surface area contributed by atoms with Gasteiger partial charge in [-0.2, -0.15) is 0 Å². The highest BCUT2D eigenvalue weighted by molar-refractivity contribution is 4.77. The molecule has 0 amide bonds. The number of aliphatic hydroxyl groups is 1. The second-order valence-corrected chi connectivity index (χ2v) is 3.94. The molecule has 13 heavy (non-hydrogen) atoms. The Morgan fingerprint density at radius 3 is 2.92 bits per heavy atom. The maximum absolute atomic E-state index is 9.46. The van der Waals surface area contributed by atoms with E-state index in [0.717, 1.165) is 13.1 Å². The molecule has 1 fully saturated rings. The van der Waals surface area contributed by atoms with E-state index in [-0.39, 0.29) is 6.10 Å². The Morgan fingerprint density at radius 1 is 1.54 bits per heavy atom. The van der Waals surface area contributed by atoms with E-state index in [1.165, 1.54) is 25.7 Å². The van der Waals surface area contributed by atoms with Crippen molar-refractivity contribution in [3.05, 3.63) is 0 Å². The Hall–Kier alpha value is -0.120. The maximum Gasteiger partial charge on any atom is 0.0789 e. The quantitative estimate of drug-likeness (QED) is 0.675. The second-order valence-electron chi connectivity index (χ2n) is 3.94. The number of likely N-dealkylation sites (tertiary alicyclic amines) is 1. The van der Waals surface area contributed by atoms with Gasteiger partial charge >= 0.3 is 0 Å². The summed E-state index contributed by atoms with van der Waals surface area (Å²) in [5.41, 5.74) is 5.40. The first kappa shape index (κ1) is 11.0. The summed E-state index contributed by atoms with van der Waals surface area (Å²) in [5, 5.41) is 9.46. The van der Waals surface area contributed by atoms with Crippen LogP contribution in [0, 0.1) is 0 Å². The van der Waals surface area contributed by atoms with Crippen LogP contribution in [0.5, 0.6) is 0 Å². The topological polar surface area (TPSA) is 49.5 Å². The standard InChI is InChI=1S/C10H22N2O/c1-2-9-5-3-4-6-12(9)8-10(13)7-11/h9-10,13H,2-8,11H2,1H3/t9?,10-/m0/s1. The van der Waals surface area contributed by atoms with Crippen LogP contribution >= 0.6 is 0 Å². The van der Waals surface area contributed by atoms with Crippen LogP contribution in [0.25, 0.3) is 0 Å². The SMILES string of the molecule is CCC1CCCCN1C[C@@H](O)CN. The third-order valence-corrected chi connectivity index (χ3v) is 2.94. The monoisotopic (exact) mass is 186 g/mol. The molecule has 1 aliphatic heterocycles. The number of piperidine rings is 1. The van der Waals surface area contributed by atoms with E-state index < -0.39 is 0 Å². The van der Waals surface area contributed by atoms with Crippen molar-refractivity contribution < 1.29 is 5.11 Å². The van der Waals surface area contributed by atoms with Crippen LogP contribution < -0.4 is 5.73 Å². The first-order chi connectivity index (χ1) is 6.27. The van der Waals surface area contributed by atoms with Crippen LogP contribution in [0.1, 0.15) is 32.6 Å². The highest BCUT2D eigenvalue weighted by Gasteiger charge is 2.21. The molecule has 1 saturated heterocycles. The first-order valence-corrected chi connectivity index (χ1v) is 5.40. The normalized spacial score (nSPS) is 27.5. The van der Waals surface area contributed by atoms with Crippen LogP contribution in [0.4, 0.5) is 0 Å². The van der Waals surface area contributed by atoms with Gasteiger partial charge in [0.25, 0.3) is 0 Å². The summed E-state index contributed by atoms with van der Waals surface area (Å²) >= 11 is 0. The van der Waals surface area contributed by atoms with Crippen molar-refractivity contribution in [2.75, 3.05) is 19.6 Å². The molecule has 0 aliphatic carbocycles. The fourth-order valence-corrected chi connectivity index (χ4v) is 2.11. The molecule has 1 unspecified atom stereocenters. The summed E-state index contributed by atoms with van der Waals surface area (Å²) in [4.78, 5) is 2.39. The van der Waals surface area contributed by atoms with Crippen LogP contribution in [-0.4, -0.2) is 41.8 Å². The lowest BCUT2D eigenvalue weighted by atomic mass is 9.99. The summed E-state index contributed by atoms with van der Waals surface area (Å²) in [5.74, 6) is 0. The molecule has 0 aromatic carbocycles. The van der Waals surface area contributed by atoms with Gasteiger partial charge in [0.05, 0.1) is 6.10 Å². The summed E-state index contributed by atoms with van der Waals surface area (Å²) in [6, 6.07) is 0.676. The van der Waals surface area contributed by atoms with Crippen LogP contribution in [0.2, 0.25) is 0 Å². The van der Waals surface area contributed by atoms with Crippen molar-refractivity contribution >= 4 is 0 Å². The highest BCUT2D eigenvalue weighted by Crippen LogP contribution is 2.19. The Labute approximate surface area is 80.9 Å². The first-order valence-electron chi connectivity index (χ1n) is 5.40. The molecule has 0 saturated carbocycles.